The number of hydrogen-bond acceptors (Lipinski definition) is 4. The molecule has 19 heavy (non-hydrogen) atoms. The average Bonchev–Trinajstić information content (AvgIpc) is 2.46. The van der Waals surface area contributed by atoms with E-state index in [-0.39, 0.29) is 6.61 Å². The van der Waals surface area contributed by atoms with Gasteiger partial charge in [-0.1, -0.05) is 25.1 Å². The lowest BCUT2D eigenvalue weighted by Gasteiger charge is -2.34. The molecule has 3 nitrogen and oxygen atoms in total. The highest BCUT2D eigenvalue weighted by Crippen LogP contribution is 2.37. The standard InChI is InChI=1S/C15H23NO2S/c1-2-8-16-15-12-6-3-4-7-13(12)18-11-14(15)19-10-5-9-17/h3-4,6-7,14-17H,2,5,8-11H2,1H3. The fourth-order valence-electron chi connectivity index (χ4n) is 2.32. The van der Waals surface area contributed by atoms with Crippen LogP contribution in [0.5, 0.6) is 5.75 Å². The molecule has 0 amide bonds. The van der Waals surface area contributed by atoms with Gasteiger partial charge in [-0.15, -0.1) is 0 Å². The second-order valence-corrected chi connectivity index (χ2v) is 6.11. The predicted octanol–water partition coefficient (Wildman–Crippen LogP) is 2.60. The molecule has 0 saturated carbocycles. The van der Waals surface area contributed by atoms with Gasteiger partial charge < -0.3 is 15.2 Å². The molecular weight excluding hydrogens is 258 g/mol. The lowest BCUT2D eigenvalue weighted by atomic mass is 10.00. The molecule has 0 aromatic heterocycles. The van der Waals surface area contributed by atoms with Crippen molar-refractivity contribution in [2.45, 2.75) is 31.1 Å². The van der Waals surface area contributed by atoms with E-state index < -0.39 is 0 Å². The second-order valence-electron chi connectivity index (χ2n) is 4.77. The van der Waals surface area contributed by atoms with Crippen LogP contribution in [0.25, 0.3) is 0 Å². The molecule has 2 atom stereocenters. The lowest BCUT2D eigenvalue weighted by molar-refractivity contribution is 0.260. The summed E-state index contributed by atoms with van der Waals surface area (Å²) in [5.41, 5.74) is 1.27. The van der Waals surface area contributed by atoms with Crippen LogP contribution in [0.15, 0.2) is 24.3 Å². The zero-order valence-electron chi connectivity index (χ0n) is 11.5. The zero-order chi connectivity index (χ0) is 13.5. The molecule has 0 aliphatic carbocycles. The van der Waals surface area contributed by atoms with Gasteiger partial charge in [0.2, 0.25) is 0 Å². The maximum absolute atomic E-state index is 8.90. The molecular formula is C15H23NO2S. The van der Waals surface area contributed by atoms with Crippen molar-refractivity contribution in [2.75, 3.05) is 25.5 Å². The first-order chi connectivity index (χ1) is 9.36. The predicted molar refractivity (Wildman–Crippen MR) is 80.9 cm³/mol. The van der Waals surface area contributed by atoms with Crippen molar-refractivity contribution in [1.29, 1.82) is 0 Å². The molecule has 1 aliphatic rings. The SMILES string of the molecule is CCCNC1c2ccccc2OCC1SCCCO. The van der Waals surface area contributed by atoms with Crippen molar-refractivity contribution in [3.8, 4) is 5.75 Å². The van der Waals surface area contributed by atoms with Crippen LogP contribution in [-0.4, -0.2) is 35.9 Å². The molecule has 106 valence electrons. The highest BCUT2D eigenvalue weighted by Gasteiger charge is 2.30. The number of rotatable bonds is 7. The van der Waals surface area contributed by atoms with Gasteiger partial charge in [0, 0.05) is 12.2 Å². The summed E-state index contributed by atoms with van der Waals surface area (Å²) in [4.78, 5) is 0. The van der Waals surface area contributed by atoms with Gasteiger partial charge in [0.15, 0.2) is 0 Å². The number of aliphatic hydroxyl groups excluding tert-OH is 1. The van der Waals surface area contributed by atoms with Gasteiger partial charge >= 0.3 is 0 Å². The summed E-state index contributed by atoms with van der Waals surface area (Å²) in [6, 6.07) is 8.65. The number of aliphatic hydroxyl groups is 1. The Morgan fingerprint density at radius 3 is 3.05 bits per heavy atom. The summed E-state index contributed by atoms with van der Waals surface area (Å²) in [6.07, 6.45) is 1.98. The largest absolute Gasteiger partial charge is 0.492 e. The fourth-order valence-corrected chi connectivity index (χ4v) is 3.52. The van der Waals surface area contributed by atoms with Gasteiger partial charge in [-0.05, 0) is 31.2 Å². The van der Waals surface area contributed by atoms with Crippen LogP contribution in [0.2, 0.25) is 0 Å². The molecule has 4 heteroatoms. The molecule has 1 aromatic rings. The summed E-state index contributed by atoms with van der Waals surface area (Å²) < 4.78 is 5.85. The van der Waals surface area contributed by atoms with E-state index in [1.165, 1.54) is 5.56 Å². The molecule has 2 unspecified atom stereocenters. The summed E-state index contributed by atoms with van der Waals surface area (Å²) in [5.74, 6) is 1.99. The van der Waals surface area contributed by atoms with Crippen LogP contribution in [0, 0.1) is 0 Å². The third kappa shape index (κ3) is 3.88. The highest BCUT2D eigenvalue weighted by atomic mass is 32.2. The zero-order valence-corrected chi connectivity index (χ0v) is 12.3. The molecule has 0 fully saturated rings. The topological polar surface area (TPSA) is 41.5 Å². The van der Waals surface area contributed by atoms with Crippen LogP contribution >= 0.6 is 11.8 Å². The normalized spacial score (nSPS) is 21.8. The Morgan fingerprint density at radius 1 is 1.42 bits per heavy atom. The fraction of sp³-hybridized carbons (Fsp3) is 0.600. The molecule has 1 aromatic carbocycles. The molecule has 0 spiro atoms. The highest BCUT2D eigenvalue weighted by molar-refractivity contribution is 7.99. The van der Waals surface area contributed by atoms with Crippen molar-refractivity contribution in [3.05, 3.63) is 29.8 Å². The number of thioether (sulfide) groups is 1. The smallest absolute Gasteiger partial charge is 0.124 e. The van der Waals surface area contributed by atoms with Crippen LogP contribution in [-0.2, 0) is 0 Å². The molecule has 2 rings (SSSR count). The molecule has 0 bridgehead atoms. The number of benzene rings is 1. The Hall–Kier alpha value is -0.710. The quantitative estimate of drug-likeness (QED) is 0.754. The van der Waals surface area contributed by atoms with Crippen LogP contribution in [0.1, 0.15) is 31.4 Å². The van der Waals surface area contributed by atoms with Gasteiger partial charge in [-0.2, -0.15) is 11.8 Å². The van der Waals surface area contributed by atoms with Gasteiger partial charge in [0.25, 0.3) is 0 Å². The van der Waals surface area contributed by atoms with E-state index in [0.29, 0.717) is 11.3 Å². The maximum atomic E-state index is 8.90. The van der Waals surface area contributed by atoms with Gasteiger partial charge in [0.1, 0.15) is 12.4 Å². The molecule has 1 heterocycles. The molecule has 1 aliphatic heterocycles. The minimum atomic E-state index is 0.268. The molecule has 2 N–H and O–H groups in total. The van der Waals surface area contributed by atoms with Gasteiger partial charge in [-0.25, -0.2) is 0 Å². The van der Waals surface area contributed by atoms with Gasteiger partial charge in [-0.3, -0.25) is 0 Å². The van der Waals surface area contributed by atoms with E-state index in [9.17, 15) is 0 Å². The Balaban J connectivity index is 2.07. The average molecular weight is 281 g/mol. The summed E-state index contributed by atoms with van der Waals surface area (Å²) in [7, 11) is 0. The first kappa shape index (κ1) is 14.7. The Morgan fingerprint density at radius 2 is 2.26 bits per heavy atom. The third-order valence-corrected chi connectivity index (χ3v) is 4.64. The monoisotopic (exact) mass is 281 g/mol. The van der Waals surface area contributed by atoms with Crippen molar-refractivity contribution in [2.24, 2.45) is 0 Å². The Labute approximate surface area is 119 Å². The third-order valence-electron chi connectivity index (χ3n) is 3.28. The van der Waals surface area contributed by atoms with Crippen LogP contribution < -0.4 is 10.1 Å². The number of ether oxygens (including phenoxy) is 1. The van der Waals surface area contributed by atoms with E-state index in [4.69, 9.17) is 9.84 Å². The van der Waals surface area contributed by atoms with Crippen molar-refractivity contribution in [3.63, 3.8) is 0 Å². The first-order valence-corrected chi connectivity index (χ1v) is 8.09. The van der Waals surface area contributed by atoms with Gasteiger partial charge in [0.05, 0.1) is 11.3 Å². The number of para-hydroxylation sites is 1. The van der Waals surface area contributed by atoms with Crippen molar-refractivity contribution >= 4 is 11.8 Å². The number of hydrogen-bond donors (Lipinski definition) is 2. The van der Waals surface area contributed by atoms with E-state index >= 15 is 0 Å². The minimum Gasteiger partial charge on any atom is -0.492 e. The summed E-state index contributed by atoms with van der Waals surface area (Å²) >= 11 is 1.90. The van der Waals surface area contributed by atoms with Crippen LogP contribution in [0.4, 0.5) is 0 Å². The number of fused-ring (bicyclic) bond motifs is 1. The minimum absolute atomic E-state index is 0.268. The molecule has 0 radical (unpaired) electrons. The maximum Gasteiger partial charge on any atom is 0.124 e. The Kier molecular flexibility index (Phi) is 6.01. The van der Waals surface area contributed by atoms with E-state index in [2.05, 4.69) is 24.4 Å². The van der Waals surface area contributed by atoms with Crippen LogP contribution in [0.3, 0.4) is 0 Å². The molecule has 0 saturated heterocycles. The summed E-state index contributed by atoms with van der Waals surface area (Å²) in [6.45, 7) is 4.22. The first-order valence-electron chi connectivity index (χ1n) is 7.04. The second kappa shape index (κ2) is 7.78. The lowest BCUT2D eigenvalue weighted by Crippen LogP contribution is -2.38. The van der Waals surface area contributed by atoms with Crippen molar-refractivity contribution in [1.82, 2.24) is 5.32 Å². The van der Waals surface area contributed by atoms with E-state index in [1.54, 1.807) is 0 Å². The Bertz CT molecular complexity index is 386. The van der Waals surface area contributed by atoms with E-state index in [1.807, 2.05) is 23.9 Å². The van der Waals surface area contributed by atoms with Crippen molar-refractivity contribution < 1.29 is 9.84 Å². The summed E-state index contributed by atoms with van der Waals surface area (Å²) in [5, 5.41) is 13.0. The number of nitrogens with one attached hydrogen (secondary N) is 1. The van der Waals surface area contributed by atoms with E-state index in [0.717, 1.165) is 37.5 Å².